The normalized spacial score (nSPS) is 13.1. The molecule has 0 aliphatic carbocycles. The van der Waals surface area contributed by atoms with Crippen molar-refractivity contribution in [2.75, 3.05) is 13.1 Å². The Morgan fingerprint density at radius 2 is 2.00 bits per heavy atom. The van der Waals surface area contributed by atoms with E-state index in [4.69, 9.17) is 0 Å². The van der Waals surface area contributed by atoms with E-state index < -0.39 is 17.7 Å². The van der Waals surface area contributed by atoms with Crippen LogP contribution < -0.4 is 5.32 Å². The summed E-state index contributed by atoms with van der Waals surface area (Å²) in [5.41, 5.74) is 0.0244. The van der Waals surface area contributed by atoms with Crippen molar-refractivity contribution in [3.05, 3.63) is 35.4 Å². The lowest BCUT2D eigenvalue weighted by atomic mass is 10.1. The average Bonchev–Trinajstić information content (AvgIpc) is 2.27. The molecule has 0 amide bonds. The highest BCUT2D eigenvalue weighted by atomic mass is 19.1. The summed E-state index contributed by atoms with van der Waals surface area (Å²) in [5, 5.41) is 12.9. The molecule has 96 valence electrons. The summed E-state index contributed by atoms with van der Waals surface area (Å²) in [4.78, 5) is 0. The van der Waals surface area contributed by atoms with Crippen LogP contribution >= 0.6 is 0 Å². The van der Waals surface area contributed by atoms with Crippen LogP contribution in [-0.2, 0) is 0 Å². The minimum atomic E-state index is -0.967. The van der Waals surface area contributed by atoms with Crippen LogP contribution in [0.25, 0.3) is 0 Å². The smallest absolute Gasteiger partial charge is 0.129 e. The van der Waals surface area contributed by atoms with Gasteiger partial charge in [-0.15, -0.1) is 0 Å². The number of benzene rings is 1. The summed E-state index contributed by atoms with van der Waals surface area (Å²) in [6.07, 6.45) is -0.599. The highest BCUT2D eigenvalue weighted by Crippen LogP contribution is 2.20. The number of aliphatic hydroxyl groups excluding tert-OH is 1. The van der Waals surface area contributed by atoms with E-state index in [-0.39, 0.29) is 5.56 Å². The Morgan fingerprint density at radius 1 is 1.29 bits per heavy atom. The zero-order chi connectivity index (χ0) is 12.8. The van der Waals surface area contributed by atoms with E-state index in [1.807, 2.05) is 0 Å². The van der Waals surface area contributed by atoms with Crippen LogP contribution in [0.3, 0.4) is 0 Å². The lowest BCUT2D eigenvalue weighted by molar-refractivity contribution is 0.161. The summed E-state index contributed by atoms with van der Waals surface area (Å²) >= 11 is 0. The SMILES string of the molecule is CC(C)CNCCC(O)c1cc(F)ccc1F. The van der Waals surface area contributed by atoms with Crippen molar-refractivity contribution in [3.63, 3.8) is 0 Å². The lowest BCUT2D eigenvalue weighted by Crippen LogP contribution is -2.22. The summed E-state index contributed by atoms with van der Waals surface area (Å²) in [6, 6.07) is 3.13. The van der Waals surface area contributed by atoms with E-state index in [1.54, 1.807) is 0 Å². The van der Waals surface area contributed by atoms with E-state index in [0.717, 1.165) is 24.7 Å². The Kier molecular flexibility index (Phi) is 5.51. The van der Waals surface area contributed by atoms with Gasteiger partial charge >= 0.3 is 0 Å². The van der Waals surface area contributed by atoms with Crippen LogP contribution in [0.2, 0.25) is 0 Å². The van der Waals surface area contributed by atoms with Gasteiger partial charge in [0.1, 0.15) is 11.6 Å². The Balaban J connectivity index is 2.46. The molecule has 0 radical (unpaired) electrons. The molecule has 1 aromatic carbocycles. The molecule has 1 rings (SSSR count). The van der Waals surface area contributed by atoms with Crippen molar-refractivity contribution in [2.45, 2.75) is 26.4 Å². The molecule has 0 heterocycles. The van der Waals surface area contributed by atoms with Gasteiger partial charge in [-0.3, -0.25) is 0 Å². The highest BCUT2D eigenvalue weighted by molar-refractivity contribution is 5.20. The number of hydrogen-bond donors (Lipinski definition) is 2. The predicted octanol–water partition coefficient (Wildman–Crippen LogP) is 2.63. The second-order valence-corrected chi connectivity index (χ2v) is 4.57. The number of hydrogen-bond acceptors (Lipinski definition) is 2. The van der Waals surface area contributed by atoms with Crippen LogP contribution in [0.4, 0.5) is 8.78 Å². The molecule has 4 heteroatoms. The van der Waals surface area contributed by atoms with Crippen molar-refractivity contribution < 1.29 is 13.9 Å². The van der Waals surface area contributed by atoms with Crippen LogP contribution in [0.1, 0.15) is 31.9 Å². The Labute approximate surface area is 101 Å². The standard InChI is InChI=1S/C13H19F2NO/c1-9(2)8-16-6-5-13(17)11-7-10(14)3-4-12(11)15/h3-4,7,9,13,16-17H,5-6,8H2,1-2H3. The third kappa shape index (κ3) is 4.79. The van der Waals surface area contributed by atoms with Crippen molar-refractivity contribution in [2.24, 2.45) is 5.92 Å². The largest absolute Gasteiger partial charge is 0.388 e. The number of aliphatic hydroxyl groups is 1. The Morgan fingerprint density at radius 3 is 2.65 bits per heavy atom. The van der Waals surface area contributed by atoms with Gasteiger partial charge in [0.05, 0.1) is 6.10 Å². The first-order valence-corrected chi connectivity index (χ1v) is 5.84. The molecule has 1 atom stereocenters. The fourth-order valence-electron chi connectivity index (χ4n) is 1.55. The fraction of sp³-hybridized carbons (Fsp3) is 0.538. The minimum absolute atomic E-state index is 0.0244. The van der Waals surface area contributed by atoms with Crippen LogP contribution in [-0.4, -0.2) is 18.2 Å². The zero-order valence-electron chi connectivity index (χ0n) is 10.2. The molecule has 0 spiro atoms. The summed E-state index contributed by atoms with van der Waals surface area (Å²) < 4.78 is 26.2. The van der Waals surface area contributed by atoms with Crippen molar-refractivity contribution >= 4 is 0 Å². The summed E-state index contributed by atoms with van der Waals surface area (Å²) in [7, 11) is 0. The minimum Gasteiger partial charge on any atom is -0.388 e. The van der Waals surface area contributed by atoms with Gasteiger partial charge in [-0.25, -0.2) is 8.78 Å². The van der Waals surface area contributed by atoms with Crippen molar-refractivity contribution in [1.82, 2.24) is 5.32 Å². The molecule has 2 nitrogen and oxygen atoms in total. The van der Waals surface area contributed by atoms with Gasteiger partial charge in [-0.05, 0) is 43.6 Å². The second-order valence-electron chi connectivity index (χ2n) is 4.57. The van der Waals surface area contributed by atoms with Crippen LogP contribution in [0, 0.1) is 17.6 Å². The Hall–Kier alpha value is -1.00. The lowest BCUT2D eigenvalue weighted by Gasteiger charge is -2.13. The first-order valence-electron chi connectivity index (χ1n) is 5.84. The molecule has 0 bridgehead atoms. The fourth-order valence-corrected chi connectivity index (χ4v) is 1.55. The van der Waals surface area contributed by atoms with E-state index in [1.165, 1.54) is 0 Å². The third-order valence-electron chi connectivity index (χ3n) is 2.46. The van der Waals surface area contributed by atoms with Crippen LogP contribution in [0.5, 0.6) is 0 Å². The van der Waals surface area contributed by atoms with Gasteiger partial charge in [0.25, 0.3) is 0 Å². The molecule has 2 N–H and O–H groups in total. The molecule has 0 aliphatic heterocycles. The molecule has 1 aromatic rings. The molecule has 0 aromatic heterocycles. The molecule has 17 heavy (non-hydrogen) atoms. The van der Waals surface area contributed by atoms with Crippen molar-refractivity contribution in [3.8, 4) is 0 Å². The van der Waals surface area contributed by atoms with E-state index in [0.29, 0.717) is 18.9 Å². The second kappa shape index (κ2) is 6.67. The average molecular weight is 243 g/mol. The first-order chi connectivity index (χ1) is 8.00. The van der Waals surface area contributed by atoms with Gasteiger partial charge in [-0.1, -0.05) is 13.8 Å². The maximum Gasteiger partial charge on any atom is 0.129 e. The highest BCUT2D eigenvalue weighted by Gasteiger charge is 2.13. The van der Waals surface area contributed by atoms with Gasteiger partial charge in [0.15, 0.2) is 0 Å². The Bertz CT molecular complexity index is 355. The van der Waals surface area contributed by atoms with Crippen LogP contribution in [0.15, 0.2) is 18.2 Å². The molecule has 0 fully saturated rings. The third-order valence-corrected chi connectivity index (χ3v) is 2.46. The van der Waals surface area contributed by atoms with Gasteiger partial charge < -0.3 is 10.4 Å². The number of nitrogens with one attached hydrogen (secondary N) is 1. The van der Waals surface area contributed by atoms with Crippen molar-refractivity contribution in [1.29, 1.82) is 0 Å². The van der Waals surface area contributed by atoms with E-state index in [9.17, 15) is 13.9 Å². The molecule has 0 saturated heterocycles. The van der Waals surface area contributed by atoms with Gasteiger partial charge in [0.2, 0.25) is 0 Å². The van der Waals surface area contributed by atoms with Gasteiger partial charge in [0, 0.05) is 5.56 Å². The number of halogens is 2. The quantitative estimate of drug-likeness (QED) is 0.753. The molecule has 0 saturated carbocycles. The van der Waals surface area contributed by atoms with E-state index in [2.05, 4.69) is 19.2 Å². The maximum absolute atomic E-state index is 13.3. The maximum atomic E-state index is 13.3. The zero-order valence-corrected chi connectivity index (χ0v) is 10.2. The monoisotopic (exact) mass is 243 g/mol. The summed E-state index contributed by atoms with van der Waals surface area (Å²) in [5.74, 6) is -0.573. The first kappa shape index (κ1) is 14.1. The number of rotatable bonds is 6. The van der Waals surface area contributed by atoms with Gasteiger partial charge in [-0.2, -0.15) is 0 Å². The molecular formula is C13H19F2NO. The molecule has 0 aliphatic rings. The molecular weight excluding hydrogens is 224 g/mol. The predicted molar refractivity (Wildman–Crippen MR) is 63.6 cm³/mol. The van der Waals surface area contributed by atoms with E-state index >= 15 is 0 Å². The summed E-state index contributed by atoms with van der Waals surface area (Å²) in [6.45, 7) is 5.58. The topological polar surface area (TPSA) is 32.3 Å². The molecule has 1 unspecified atom stereocenters.